The highest BCUT2D eigenvalue weighted by atomic mass is 32.2. The number of nitrogens with zero attached hydrogens (tertiary/aromatic N) is 1. The van der Waals surface area contributed by atoms with Gasteiger partial charge < -0.3 is 5.73 Å². The second-order valence-electron chi connectivity index (χ2n) is 3.08. The Kier molecular flexibility index (Phi) is 2.61. The zero-order valence-electron chi connectivity index (χ0n) is 7.81. The Morgan fingerprint density at radius 2 is 2.14 bits per heavy atom. The topological polar surface area (TPSA) is 106 Å². The Morgan fingerprint density at radius 1 is 1.57 bits per heavy atom. The number of sulfone groups is 1. The summed E-state index contributed by atoms with van der Waals surface area (Å²) in [5.74, 6) is 0. The minimum Gasteiger partial charge on any atom is -0.396 e. The van der Waals surface area contributed by atoms with Crippen LogP contribution < -0.4 is 5.73 Å². The van der Waals surface area contributed by atoms with Crippen LogP contribution in [0.1, 0.15) is 24.3 Å². The van der Waals surface area contributed by atoms with E-state index >= 15 is 0 Å². The fraction of sp³-hybridized carbons (Fsp3) is 0.429. The molecule has 0 unspecified atom stereocenters. The molecule has 1 aromatic heterocycles. The Balaban J connectivity index is 3.16. The molecule has 0 aromatic carbocycles. The lowest BCUT2D eigenvalue weighted by Crippen LogP contribution is -2.24. The number of carbonyl (C=O) groups is 1. The van der Waals surface area contributed by atoms with Gasteiger partial charge in [0.05, 0.1) is 17.1 Å². The van der Waals surface area contributed by atoms with E-state index in [1.165, 1.54) is 20.0 Å². The van der Waals surface area contributed by atoms with E-state index in [4.69, 9.17) is 5.73 Å². The first-order valence-corrected chi connectivity index (χ1v) is 5.49. The maximum absolute atomic E-state index is 11.5. The number of nitrogens with one attached hydrogen (secondary N) is 1. The van der Waals surface area contributed by atoms with Gasteiger partial charge in [-0.15, -0.1) is 0 Å². The smallest absolute Gasteiger partial charge is 0.296 e. The summed E-state index contributed by atoms with van der Waals surface area (Å²) in [6.45, 7) is 2.86. The van der Waals surface area contributed by atoms with Crippen LogP contribution in [0.5, 0.6) is 0 Å². The van der Waals surface area contributed by atoms with Crippen molar-refractivity contribution >= 4 is 20.6 Å². The Labute approximate surface area is 81.4 Å². The van der Waals surface area contributed by atoms with E-state index in [0.29, 0.717) is 0 Å². The molecule has 3 N–H and O–H groups in total. The summed E-state index contributed by atoms with van der Waals surface area (Å²) in [6, 6.07) is 0. The molecule has 0 saturated heterocycles. The fourth-order valence-electron chi connectivity index (χ4n) is 0.815. The summed E-state index contributed by atoms with van der Waals surface area (Å²) < 4.78 is 22.9. The molecule has 0 aliphatic rings. The van der Waals surface area contributed by atoms with E-state index < -0.39 is 20.2 Å². The summed E-state index contributed by atoms with van der Waals surface area (Å²) in [5, 5.41) is 3.97. The maximum atomic E-state index is 11.5. The molecular weight excluding hydrogens is 206 g/mol. The largest absolute Gasteiger partial charge is 0.396 e. The second-order valence-corrected chi connectivity index (χ2v) is 5.49. The molecule has 0 fully saturated rings. The van der Waals surface area contributed by atoms with E-state index in [9.17, 15) is 13.2 Å². The van der Waals surface area contributed by atoms with E-state index in [1.807, 2.05) is 0 Å². The Bertz CT molecular complexity index is 447. The summed E-state index contributed by atoms with van der Waals surface area (Å²) in [4.78, 5) is 11.5. The highest BCUT2D eigenvalue weighted by Crippen LogP contribution is 2.14. The molecule has 0 spiro atoms. The minimum atomic E-state index is -3.81. The molecule has 7 heteroatoms. The first-order chi connectivity index (χ1) is 6.37. The van der Waals surface area contributed by atoms with Crippen LogP contribution in [0.4, 0.5) is 5.69 Å². The zero-order chi connectivity index (χ0) is 10.9. The number of carbonyl (C=O) groups excluding carboxylic acids is 1. The van der Waals surface area contributed by atoms with Gasteiger partial charge in [0.1, 0.15) is 5.69 Å². The number of nitrogens with two attached hydrogens (primary N) is 1. The molecule has 0 saturated carbocycles. The van der Waals surface area contributed by atoms with Crippen LogP contribution in [0.2, 0.25) is 0 Å². The molecule has 1 aromatic rings. The monoisotopic (exact) mass is 217 g/mol. The molecule has 0 radical (unpaired) electrons. The van der Waals surface area contributed by atoms with Crippen LogP contribution >= 0.6 is 0 Å². The highest BCUT2D eigenvalue weighted by molar-refractivity contribution is 8.07. The number of rotatable bonds is 2. The molecule has 0 amide bonds. The van der Waals surface area contributed by atoms with Gasteiger partial charge in [-0.3, -0.25) is 9.89 Å². The van der Waals surface area contributed by atoms with Crippen LogP contribution in [-0.4, -0.2) is 29.0 Å². The number of aromatic amines is 1. The third-order valence-corrected chi connectivity index (χ3v) is 3.71. The van der Waals surface area contributed by atoms with Gasteiger partial charge in [-0.1, -0.05) is 0 Å². The predicted molar refractivity (Wildman–Crippen MR) is 51.4 cm³/mol. The lowest BCUT2D eigenvalue weighted by Gasteiger charge is -2.04. The Hall–Kier alpha value is -1.37. The van der Waals surface area contributed by atoms with Gasteiger partial charge in [0, 0.05) is 0 Å². The second kappa shape index (κ2) is 3.41. The molecule has 78 valence electrons. The van der Waals surface area contributed by atoms with Crippen molar-refractivity contribution in [2.75, 3.05) is 5.73 Å². The molecule has 0 aliphatic heterocycles. The number of anilines is 1. The van der Waals surface area contributed by atoms with Gasteiger partial charge in [-0.05, 0) is 13.8 Å². The normalized spacial score (nSPS) is 11.9. The summed E-state index contributed by atoms with van der Waals surface area (Å²) in [6.07, 6.45) is 1.20. The van der Waals surface area contributed by atoms with E-state index in [-0.39, 0.29) is 11.4 Å². The summed E-state index contributed by atoms with van der Waals surface area (Å²) in [7, 11) is -3.81. The number of H-pyrrole nitrogens is 1. The van der Waals surface area contributed by atoms with Crippen LogP contribution in [-0.2, 0) is 9.84 Å². The molecule has 1 heterocycles. The van der Waals surface area contributed by atoms with Crippen molar-refractivity contribution in [1.29, 1.82) is 0 Å². The van der Waals surface area contributed by atoms with Crippen molar-refractivity contribution in [3.05, 3.63) is 11.9 Å². The third kappa shape index (κ3) is 1.63. The minimum absolute atomic E-state index is 0.0409. The fourth-order valence-corrected chi connectivity index (χ4v) is 1.69. The van der Waals surface area contributed by atoms with E-state index in [0.717, 1.165) is 0 Å². The van der Waals surface area contributed by atoms with Crippen molar-refractivity contribution < 1.29 is 13.2 Å². The van der Waals surface area contributed by atoms with E-state index in [2.05, 4.69) is 10.2 Å². The number of aromatic nitrogens is 2. The third-order valence-electron chi connectivity index (χ3n) is 1.75. The predicted octanol–water partition coefficient (Wildman–Crippen LogP) is -0.0447. The van der Waals surface area contributed by atoms with Crippen molar-refractivity contribution in [3.8, 4) is 0 Å². The van der Waals surface area contributed by atoms with Gasteiger partial charge in [-0.25, -0.2) is 8.42 Å². The van der Waals surface area contributed by atoms with Crippen LogP contribution in [0.3, 0.4) is 0 Å². The first kappa shape index (κ1) is 10.7. The quantitative estimate of drug-likeness (QED) is 0.722. The van der Waals surface area contributed by atoms with Gasteiger partial charge in [0.2, 0.25) is 9.84 Å². The average Bonchev–Trinajstić information content (AvgIpc) is 2.49. The van der Waals surface area contributed by atoms with Crippen molar-refractivity contribution in [2.24, 2.45) is 0 Å². The molecule has 0 bridgehead atoms. The summed E-state index contributed by atoms with van der Waals surface area (Å²) in [5.41, 5.74) is 5.23. The molecule has 0 atom stereocenters. The molecule has 1 rings (SSSR count). The lowest BCUT2D eigenvalue weighted by molar-refractivity contribution is 0.107. The van der Waals surface area contributed by atoms with Gasteiger partial charge in [0.15, 0.2) is 0 Å². The maximum Gasteiger partial charge on any atom is 0.296 e. The van der Waals surface area contributed by atoms with Crippen LogP contribution in [0.15, 0.2) is 6.20 Å². The SMILES string of the molecule is CC(C)S(=O)(=O)C(=O)c1[nH]ncc1N. The molecule has 14 heavy (non-hydrogen) atoms. The van der Waals surface area contributed by atoms with Crippen molar-refractivity contribution in [2.45, 2.75) is 19.1 Å². The van der Waals surface area contributed by atoms with Crippen molar-refractivity contribution in [3.63, 3.8) is 0 Å². The van der Waals surface area contributed by atoms with Crippen LogP contribution in [0.25, 0.3) is 0 Å². The van der Waals surface area contributed by atoms with Gasteiger partial charge >= 0.3 is 0 Å². The zero-order valence-corrected chi connectivity index (χ0v) is 8.63. The molecular formula is C7H11N3O3S. The Morgan fingerprint density at radius 3 is 2.50 bits per heavy atom. The number of hydrogen-bond acceptors (Lipinski definition) is 5. The highest BCUT2D eigenvalue weighted by Gasteiger charge is 2.30. The lowest BCUT2D eigenvalue weighted by atomic mass is 10.4. The van der Waals surface area contributed by atoms with Gasteiger partial charge in [0.25, 0.3) is 5.12 Å². The average molecular weight is 217 g/mol. The first-order valence-electron chi connectivity index (χ1n) is 3.94. The van der Waals surface area contributed by atoms with Crippen molar-refractivity contribution in [1.82, 2.24) is 10.2 Å². The summed E-state index contributed by atoms with van der Waals surface area (Å²) >= 11 is 0. The number of hydrogen-bond donors (Lipinski definition) is 2. The van der Waals surface area contributed by atoms with Crippen LogP contribution in [0, 0.1) is 0 Å². The standard InChI is InChI=1S/C7H11N3O3S/c1-4(2)14(12,13)7(11)6-5(8)3-9-10-6/h3-4H,8H2,1-2H3,(H,9,10). The number of nitrogen functional groups attached to an aromatic ring is 1. The van der Waals surface area contributed by atoms with Gasteiger partial charge in [-0.2, -0.15) is 5.10 Å². The molecule has 6 nitrogen and oxygen atoms in total. The van der Waals surface area contributed by atoms with E-state index in [1.54, 1.807) is 0 Å². The molecule has 0 aliphatic carbocycles.